The van der Waals surface area contributed by atoms with Crippen LogP contribution in [0.4, 0.5) is 0 Å². The predicted molar refractivity (Wildman–Crippen MR) is 106 cm³/mol. The molecule has 3 aromatic carbocycles. The number of hydrogen-bond acceptors (Lipinski definition) is 2. The quantitative estimate of drug-likeness (QED) is 0.728. The molecule has 2 amide bonds. The molecule has 136 valence electrons. The van der Waals surface area contributed by atoms with Crippen LogP contribution in [-0.4, -0.2) is 23.8 Å². The third-order valence-corrected chi connectivity index (χ3v) is 4.33. The van der Waals surface area contributed by atoms with Crippen molar-refractivity contribution in [2.45, 2.75) is 12.6 Å². The summed E-state index contributed by atoms with van der Waals surface area (Å²) in [7, 11) is 1.75. The Kier molecular flexibility index (Phi) is 6.00. The highest BCUT2D eigenvalue weighted by Gasteiger charge is 2.26. The van der Waals surface area contributed by atoms with Gasteiger partial charge in [-0.2, -0.15) is 0 Å². The summed E-state index contributed by atoms with van der Waals surface area (Å²) in [5, 5.41) is 2.89. The number of nitrogens with one attached hydrogen (secondary N) is 1. The van der Waals surface area contributed by atoms with Gasteiger partial charge in [0.05, 0.1) is 0 Å². The Labute approximate surface area is 159 Å². The first-order valence-corrected chi connectivity index (χ1v) is 8.85. The average Bonchev–Trinajstić information content (AvgIpc) is 2.73. The molecule has 0 aliphatic carbocycles. The number of hydrogen-bond donors (Lipinski definition) is 1. The minimum Gasteiger partial charge on any atom is -0.339 e. The summed E-state index contributed by atoms with van der Waals surface area (Å²) in [6.07, 6.45) is 0. The van der Waals surface area contributed by atoms with Crippen LogP contribution in [0.15, 0.2) is 91.0 Å². The standard InChI is InChI=1S/C23H22N2O2/c1-25(17-18-11-5-2-6-12-18)23(27)21(19-13-7-3-8-14-19)24-22(26)20-15-9-4-10-16-20/h2-16,21H,17H2,1H3,(H,24,26). The van der Waals surface area contributed by atoms with E-state index in [9.17, 15) is 9.59 Å². The van der Waals surface area contributed by atoms with E-state index < -0.39 is 6.04 Å². The van der Waals surface area contributed by atoms with Crippen molar-refractivity contribution in [3.63, 3.8) is 0 Å². The van der Waals surface area contributed by atoms with Gasteiger partial charge in [-0.05, 0) is 23.3 Å². The Hall–Kier alpha value is -3.40. The number of carbonyl (C=O) groups is 2. The van der Waals surface area contributed by atoms with Gasteiger partial charge in [-0.1, -0.05) is 78.9 Å². The van der Waals surface area contributed by atoms with Gasteiger partial charge in [0.15, 0.2) is 0 Å². The largest absolute Gasteiger partial charge is 0.339 e. The van der Waals surface area contributed by atoms with Gasteiger partial charge in [0, 0.05) is 19.2 Å². The lowest BCUT2D eigenvalue weighted by atomic mass is 10.0. The Balaban J connectivity index is 1.81. The van der Waals surface area contributed by atoms with Gasteiger partial charge >= 0.3 is 0 Å². The van der Waals surface area contributed by atoms with E-state index in [4.69, 9.17) is 0 Å². The van der Waals surface area contributed by atoms with Gasteiger partial charge in [0.2, 0.25) is 5.91 Å². The molecule has 0 saturated carbocycles. The van der Waals surface area contributed by atoms with Crippen molar-refractivity contribution in [2.24, 2.45) is 0 Å². The summed E-state index contributed by atoms with van der Waals surface area (Å²) in [5.74, 6) is -0.430. The number of nitrogens with zero attached hydrogens (tertiary/aromatic N) is 1. The van der Waals surface area contributed by atoms with Crippen LogP contribution in [0.1, 0.15) is 27.5 Å². The first kappa shape index (κ1) is 18.4. The number of benzene rings is 3. The van der Waals surface area contributed by atoms with Crippen LogP contribution in [0.25, 0.3) is 0 Å². The third-order valence-electron chi connectivity index (χ3n) is 4.33. The summed E-state index contributed by atoms with van der Waals surface area (Å²) in [6, 6.07) is 27.3. The molecule has 0 aromatic heterocycles. The smallest absolute Gasteiger partial charge is 0.252 e. The van der Waals surface area contributed by atoms with E-state index in [1.807, 2.05) is 66.7 Å². The van der Waals surface area contributed by atoms with Crippen molar-refractivity contribution in [1.29, 1.82) is 0 Å². The molecule has 0 radical (unpaired) electrons. The maximum absolute atomic E-state index is 13.1. The maximum Gasteiger partial charge on any atom is 0.252 e. The SMILES string of the molecule is CN(Cc1ccccc1)C(=O)C(NC(=O)c1ccccc1)c1ccccc1. The maximum atomic E-state index is 13.1. The first-order chi connectivity index (χ1) is 13.1. The van der Waals surface area contributed by atoms with Crippen molar-refractivity contribution < 1.29 is 9.59 Å². The lowest BCUT2D eigenvalue weighted by Crippen LogP contribution is -2.41. The molecule has 3 rings (SSSR count). The molecule has 0 fully saturated rings. The molecule has 1 atom stereocenters. The molecule has 3 aromatic rings. The number of amides is 2. The van der Waals surface area contributed by atoms with Crippen molar-refractivity contribution in [2.75, 3.05) is 7.05 Å². The van der Waals surface area contributed by atoms with Crippen LogP contribution in [-0.2, 0) is 11.3 Å². The van der Waals surface area contributed by atoms with Crippen LogP contribution < -0.4 is 5.32 Å². The molecule has 1 N–H and O–H groups in total. The van der Waals surface area contributed by atoms with Crippen molar-refractivity contribution in [1.82, 2.24) is 10.2 Å². The minimum absolute atomic E-state index is 0.158. The summed E-state index contributed by atoms with van der Waals surface area (Å²) in [5.41, 5.74) is 2.32. The summed E-state index contributed by atoms with van der Waals surface area (Å²) >= 11 is 0. The highest BCUT2D eigenvalue weighted by atomic mass is 16.2. The highest BCUT2D eigenvalue weighted by Crippen LogP contribution is 2.17. The number of rotatable bonds is 6. The normalized spacial score (nSPS) is 11.4. The molecule has 27 heavy (non-hydrogen) atoms. The van der Waals surface area contributed by atoms with E-state index in [1.165, 1.54) is 0 Å². The topological polar surface area (TPSA) is 49.4 Å². The second-order valence-electron chi connectivity index (χ2n) is 6.36. The van der Waals surface area contributed by atoms with E-state index >= 15 is 0 Å². The molecule has 4 nitrogen and oxygen atoms in total. The van der Waals surface area contributed by atoms with Crippen LogP contribution in [0, 0.1) is 0 Å². The van der Waals surface area contributed by atoms with Gasteiger partial charge < -0.3 is 10.2 Å². The van der Waals surface area contributed by atoms with Crippen molar-refractivity contribution >= 4 is 11.8 Å². The van der Waals surface area contributed by atoms with E-state index in [2.05, 4.69) is 5.32 Å². The third kappa shape index (κ3) is 4.82. The van der Waals surface area contributed by atoms with E-state index in [0.29, 0.717) is 12.1 Å². The fraction of sp³-hybridized carbons (Fsp3) is 0.130. The van der Waals surface area contributed by atoms with Crippen LogP contribution in [0.3, 0.4) is 0 Å². The summed E-state index contributed by atoms with van der Waals surface area (Å²) in [6.45, 7) is 0.476. The van der Waals surface area contributed by atoms with Gasteiger partial charge in [0.25, 0.3) is 5.91 Å². The van der Waals surface area contributed by atoms with E-state index in [-0.39, 0.29) is 11.8 Å². The zero-order valence-corrected chi connectivity index (χ0v) is 15.2. The molecule has 1 unspecified atom stereocenters. The molecule has 0 saturated heterocycles. The predicted octanol–water partition coefficient (Wildman–Crippen LogP) is 3.82. The Bertz CT molecular complexity index is 880. The van der Waals surface area contributed by atoms with Gasteiger partial charge in [-0.3, -0.25) is 9.59 Å². The Morgan fingerprint density at radius 1 is 0.815 bits per heavy atom. The zero-order chi connectivity index (χ0) is 19.1. The molecule has 0 spiro atoms. The fourth-order valence-electron chi connectivity index (χ4n) is 2.89. The molecular weight excluding hydrogens is 336 g/mol. The molecule has 0 aliphatic heterocycles. The Morgan fingerprint density at radius 2 is 1.33 bits per heavy atom. The molecule has 0 bridgehead atoms. The lowest BCUT2D eigenvalue weighted by Gasteiger charge is -2.25. The van der Waals surface area contributed by atoms with Gasteiger partial charge in [-0.25, -0.2) is 0 Å². The number of likely N-dealkylation sites (N-methyl/N-ethyl adjacent to an activating group) is 1. The lowest BCUT2D eigenvalue weighted by molar-refractivity contribution is -0.132. The van der Waals surface area contributed by atoms with Gasteiger partial charge in [-0.15, -0.1) is 0 Å². The summed E-state index contributed by atoms with van der Waals surface area (Å²) in [4.78, 5) is 27.4. The van der Waals surface area contributed by atoms with Crippen LogP contribution in [0.2, 0.25) is 0 Å². The highest BCUT2D eigenvalue weighted by molar-refractivity contribution is 5.97. The van der Waals surface area contributed by atoms with Crippen molar-refractivity contribution in [3.05, 3.63) is 108 Å². The Morgan fingerprint density at radius 3 is 1.93 bits per heavy atom. The molecular formula is C23H22N2O2. The monoisotopic (exact) mass is 358 g/mol. The van der Waals surface area contributed by atoms with Gasteiger partial charge in [0.1, 0.15) is 6.04 Å². The van der Waals surface area contributed by atoms with Crippen LogP contribution >= 0.6 is 0 Å². The minimum atomic E-state index is -0.743. The number of carbonyl (C=O) groups excluding carboxylic acids is 2. The second-order valence-corrected chi connectivity index (χ2v) is 6.36. The summed E-state index contributed by atoms with van der Waals surface area (Å²) < 4.78 is 0. The zero-order valence-electron chi connectivity index (χ0n) is 15.2. The average molecular weight is 358 g/mol. The van der Waals surface area contributed by atoms with Crippen molar-refractivity contribution in [3.8, 4) is 0 Å². The second kappa shape index (κ2) is 8.81. The fourth-order valence-corrected chi connectivity index (χ4v) is 2.89. The first-order valence-electron chi connectivity index (χ1n) is 8.85. The molecule has 0 heterocycles. The molecule has 0 aliphatic rings. The van der Waals surface area contributed by atoms with E-state index in [1.54, 1.807) is 36.2 Å². The van der Waals surface area contributed by atoms with E-state index in [0.717, 1.165) is 11.1 Å². The van der Waals surface area contributed by atoms with Crippen LogP contribution in [0.5, 0.6) is 0 Å². The molecule has 4 heteroatoms.